The van der Waals surface area contributed by atoms with Gasteiger partial charge in [-0.15, -0.1) is 0 Å². The first-order chi connectivity index (χ1) is 11.1. The van der Waals surface area contributed by atoms with E-state index < -0.39 is 0 Å². The normalized spacial score (nSPS) is 14.1. The van der Waals surface area contributed by atoms with Crippen molar-refractivity contribution < 1.29 is 9.18 Å². The first-order valence-electron chi connectivity index (χ1n) is 7.46. The van der Waals surface area contributed by atoms with Crippen molar-refractivity contribution in [1.82, 2.24) is 9.88 Å². The Labute approximate surface area is 141 Å². The third kappa shape index (κ3) is 2.45. The SMILES string of the molecule is O=C(c1ccccc1Br)N1CCc2[nH]c3cc(F)ccc3c2C1. The topological polar surface area (TPSA) is 36.1 Å². The molecule has 0 radical (unpaired) electrons. The zero-order chi connectivity index (χ0) is 16.0. The van der Waals surface area contributed by atoms with Crippen LogP contribution < -0.4 is 0 Å². The molecule has 0 spiro atoms. The van der Waals surface area contributed by atoms with E-state index in [2.05, 4.69) is 20.9 Å². The Morgan fingerprint density at radius 1 is 1.22 bits per heavy atom. The number of hydrogen-bond donors (Lipinski definition) is 1. The fraction of sp³-hybridized carbons (Fsp3) is 0.167. The average Bonchev–Trinajstić information content (AvgIpc) is 2.91. The number of nitrogens with zero attached hydrogens (tertiary/aromatic N) is 1. The van der Waals surface area contributed by atoms with Gasteiger partial charge in [0.15, 0.2) is 0 Å². The molecule has 3 aromatic rings. The summed E-state index contributed by atoms with van der Waals surface area (Å²) in [6.45, 7) is 1.20. The molecule has 1 aliphatic heterocycles. The van der Waals surface area contributed by atoms with Crippen molar-refractivity contribution in [2.45, 2.75) is 13.0 Å². The summed E-state index contributed by atoms with van der Waals surface area (Å²) in [7, 11) is 0. The number of nitrogens with one attached hydrogen (secondary N) is 1. The smallest absolute Gasteiger partial charge is 0.255 e. The fourth-order valence-corrected chi connectivity index (χ4v) is 3.63. The van der Waals surface area contributed by atoms with Crippen molar-refractivity contribution in [2.75, 3.05) is 6.54 Å². The van der Waals surface area contributed by atoms with E-state index in [1.807, 2.05) is 29.2 Å². The van der Waals surface area contributed by atoms with Gasteiger partial charge in [-0.2, -0.15) is 0 Å². The second-order valence-corrected chi connectivity index (χ2v) is 6.58. The predicted octanol–water partition coefficient (Wildman–Crippen LogP) is 4.27. The van der Waals surface area contributed by atoms with Gasteiger partial charge in [0.1, 0.15) is 5.82 Å². The van der Waals surface area contributed by atoms with Gasteiger partial charge in [0, 0.05) is 46.1 Å². The van der Waals surface area contributed by atoms with E-state index >= 15 is 0 Å². The number of halogens is 2. The standard InChI is InChI=1S/C18H14BrFN2O/c19-15-4-2-1-3-13(15)18(23)22-8-7-16-14(10-22)12-6-5-11(20)9-17(12)21-16/h1-6,9,21H,7-8,10H2. The zero-order valence-electron chi connectivity index (χ0n) is 12.3. The van der Waals surface area contributed by atoms with Crippen LogP contribution in [0.15, 0.2) is 46.9 Å². The van der Waals surface area contributed by atoms with Crippen LogP contribution >= 0.6 is 15.9 Å². The molecule has 0 unspecified atom stereocenters. The maximum absolute atomic E-state index is 13.4. The molecular weight excluding hydrogens is 359 g/mol. The minimum atomic E-state index is -0.253. The van der Waals surface area contributed by atoms with Gasteiger partial charge in [-0.25, -0.2) is 4.39 Å². The zero-order valence-corrected chi connectivity index (χ0v) is 13.9. The molecule has 3 nitrogen and oxygen atoms in total. The summed E-state index contributed by atoms with van der Waals surface area (Å²) in [4.78, 5) is 17.9. The van der Waals surface area contributed by atoms with Crippen molar-refractivity contribution in [2.24, 2.45) is 0 Å². The van der Waals surface area contributed by atoms with Crippen molar-refractivity contribution in [1.29, 1.82) is 0 Å². The first-order valence-corrected chi connectivity index (χ1v) is 8.25. The van der Waals surface area contributed by atoms with Gasteiger partial charge in [0.2, 0.25) is 0 Å². The van der Waals surface area contributed by atoms with Gasteiger partial charge in [0.25, 0.3) is 5.91 Å². The molecule has 1 amide bonds. The summed E-state index contributed by atoms with van der Waals surface area (Å²) in [6.07, 6.45) is 0.752. The molecule has 0 fully saturated rings. The Morgan fingerprint density at radius 2 is 2.04 bits per heavy atom. The van der Waals surface area contributed by atoms with E-state index in [-0.39, 0.29) is 11.7 Å². The summed E-state index contributed by atoms with van der Waals surface area (Å²) in [5, 5.41) is 0.992. The number of rotatable bonds is 1. The molecule has 1 aliphatic rings. The molecule has 23 heavy (non-hydrogen) atoms. The molecule has 2 heterocycles. The van der Waals surface area contributed by atoms with Gasteiger partial charge in [-0.3, -0.25) is 4.79 Å². The van der Waals surface area contributed by atoms with Crippen LogP contribution in [0.3, 0.4) is 0 Å². The molecule has 0 aliphatic carbocycles. The summed E-state index contributed by atoms with van der Waals surface area (Å²) >= 11 is 3.44. The van der Waals surface area contributed by atoms with Crippen LogP contribution in [0.5, 0.6) is 0 Å². The lowest BCUT2D eigenvalue weighted by Gasteiger charge is -2.27. The van der Waals surface area contributed by atoms with E-state index in [0.717, 1.165) is 33.1 Å². The molecule has 4 rings (SSSR count). The lowest BCUT2D eigenvalue weighted by atomic mass is 10.0. The van der Waals surface area contributed by atoms with E-state index in [1.54, 1.807) is 6.07 Å². The van der Waals surface area contributed by atoms with E-state index in [4.69, 9.17) is 0 Å². The van der Waals surface area contributed by atoms with E-state index in [1.165, 1.54) is 12.1 Å². The van der Waals surface area contributed by atoms with Gasteiger partial charge >= 0.3 is 0 Å². The fourth-order valence-electron chi connectivity index (χ4n) is 3.17. The maximum atomic E-state index is 13.4. The van der Waals surface area contributed by atoms with E-state index in [9.17, 15) is 9.18 Å². The number of aromatic nitrogens is 1. The number of aromatic amines is 1. The number of benzene rings is 2. The molecule has 0 bridgehead atoms. The Balaban J connectivity index is 1.70. The van der Waals surface area contributed by atoms with Crippen molar-refractivity contribution in [3.8, 4) is 0 Å². The average molecular weight is 373 g/mol. The molecule has 1 N–H and O–H groups in total. The largest absolute Gasteiger partial charge is 0.358 e. The highest BCUT2D eigenvalue weighted by molar-refractivity contribution is 9.10. The second kappa shape index (κ2) is 5.49. The third-order valence-electron chi connectivity index (χ3n) is 4.33. The summed E-state index contributed by atoms with van der Waals surface area (Å²) in [6, 6.07) is 12.2. The third-order valence-corrected chi connectivity index (χ3v) is 5.02. The molecule has 0 saturated carbocycles. The van der Waals surface area contributed by atoms with Crippen LogP contribution in [-0.2, 0) is 13.0 Å². The highest BCUT2D eigenvalue weighted by Crippen LogP contribution is 2.29. The Morgan fingerprint density at radius 3 is 2.87 bits per heavy atom. The minimum absolute atomic E-state index is 0.0135. The Bertz CT molecular complexity index is 919. The number of fused-ring (bicyclic) bond motifs is 3. The molecular formula is C18H14BrFN2O. The van der Waals surface area contributed by atoms with Gasteiger partial charge in [0.05, 0.1) is 5.56 Å². The van der Waals surface area contributed by atoms with Gasteiger partial charge < -0.3 is 9.88 Å². The number of hydrogen-bond acceptors (Lipinski definition) is 1. The van der Waals surface area contributed by atoms with Crippen LogP contribution in [0.2, 0.25) is 0 Å². The number of carbonyl (C=O) groups excluding carboxylic acids is 1. The minimum Gasteiger partial charge on any atom is -0.358 e. The van der Waals surface area contributed by atoms with Crippen molar-refractivity contribution in [3.63, 3.8) is 0 Å². The van der Waals surface area contributed by atoms with Crippen molar-refractivity contribution >= 4 is 32.7 Å². The molecule has 5 heteroatoms. The maximum Gasteiger partial charge on any atom is 0.255 e. The summed E-state index contributed by atoms with van der Waals surface area (Å²) in [5.41, 5.74) is 3.65. The first kappa shape index (κ1) is 14.5. The van der Waals surface area contributed by atoms with Crippen molar-refractivity contribution in [3.05, 3.63) is 69.6 Å². The van der Waals surface area contributed by atoms with Gasteiger partial charge in [-0.05, 0) is 46.3 Å². The highest BCUT2D eigenvalue weighted by Gasteiger charge is 2.25. The van der Waals surface area contributed by atoms with Crippen LogP contribution in [0.4, 0.5) is 4.39 Å². The van der Waals surface area contributed by atoms with Crippen LogP contribution in [0, 0.1) is 5.82 Å². The van der Waals surface area contributed by atoms with Crippen LogP contribution in [0.1, 0.15) is 21.6 Å². The lowest BCUT2D eigenvalue weighted by Crippen LogP contribution is -2.35. The van der Waals surface area contributed by atoms with Gasteiger partial charge in [-0.1, -0.05) is 12.1 Å². The number of carbonyl (C=O) groups is 1. The molecule has 1 aromatic heterocycles. The predicted molar refractivity (Wildman–Crippen MR) is 90.8 cm³/mol. The summed E-state index contributed by atoms with van der Waals surface area (Å²) < 4.78 is 14.2. The number of H-pyrrole nitrogens is 1. The highest BCUT2D eigenvalue weighted by atomic mass is 79.9. The molecule has 0 atom stereocenters. The monoisotopic (exact) mass is 372 g/mol. The second-order valence-electron chi connectivity index (χ2n) is 5.73. The lowest BCUT2D eigenvalue weighted by molar-refractivity contribution is 0.0734. The summed E-state index contributed by atoms with van der Waals surface area (Å²) in [5.74, 6) is -0.239. The molecule has 2 aromatic carbocycles. The Hall–Kier alpha value is -2.14. The number of amides is 1. The molecule has 0 saturated heterocycles. The quantitative estimate of drug-likeness (QED) is 0.680. The molecule has 116 valence electrons. The van der Waals surface area contributed by atoms with Crippen LogP contribution in [0.25, 0.3) is 10.9 Å². The Kier molecular flexibility index (Phi) is 3.45. The van der Waals surface area contributed by atoms with E-state index in [0.29, 0.717) is 18.7 Å². The van der Waals surface area contributed by atoms with Crippen LogP contribution in [-0.4, -0.2) is 22.3 Å².